The first-order chi connectivity index (χ1) is 16.9. The fourth-order valence-electron chi connectivity index (χ4n) is 4.55. The number of rotatable bonds is 9. The number of likely N-dealkylation sites (N-methyl/N-ethyl adjacent to an activating group) is 1. The van der Waals surface area contributed by atoms with Gasteiger partial charge in [0.25, 0.3) is 0 Å². The van der Waals surface area contributed by atoms with Crippen LogP contribution in [-0.2, 0) is 9.59 Å². The Hall–Kier alpha value is -2.83. The van der Waals surface area contributed by atoms with Gasteiger partial charge in [-0.2, -0.15) is 5.10 Å². The third-order valence-electron chi connectivity index (χ3n) is 6.50. The molecule has 0 saturated heterocycles. The van der Waals surface area contributed by atoms with Crippen LogP contribution in [0.5, 0.6) is 0 Å². The van der Waals surface area contributed by atoms with Crippen LogP contribution in [0, 0.1) is 5.92 Å². The van der Waals surface area contributed by atoms with Gasteiger partial charge in [-0.3, -0.25) is 9.59 Å². The summed E-state index contributed by atoms with van der Waals surface area (Å²) in [5.41, 5.74) is 2.28. The number of carbonyl (C=O) groups is 2. The molecule has 2 aromatic carbocycles. The van der Waals surface area contributed by atoms with E-state index in [1.807, 2.05) is 43.3 Å². The molecule has 6 nitrogen and oxygen atoms in total. The van der Waals surface area contributed by atoms with E-state index in [1.54, 1.807) is 27.8 Å². The lowest BCUT2D eigenvalue weighted by atomic mass is 10.0. The molecule has 184 valence electrons. The van der Waals surface area contributed by atoms with Gasteiger partial charge in [0.15, 0.2) is 0 Å². The van der Waals surface area contributed by atoms with Crippen molar-refractivity contribution < 1.29 is 9.59 Å². The predicted octanol–water partition coefficient (Wildman–Crippen LogP) is 6.60. The molecule has 3 aromatic rings. The Morgan fingerprint density at radius 3 is 2.49 bits per heavy atom. The van der Waals surface area contributed by atoms with Crippen molar-refractivity contribution in [2.75, 3.05) is 18.4 Å². The molecule has 1 aliphatic carbocycles. The summed E-state index contributed by atoms with van der Waals surface area (Å²) in [6, 6.07) is 16.7. The smallest absolute Gasteiger partial charge is 0.245 e. The lowest BCUT2D eigenvalue weighted by Crippen LogP contribution is -2.38. The molecule has 0 spiro atoms. The maximum Gasteiger partial charge on any atom is 0.245 e. The molecule has 0 bridgehead atoms. The van der Waals surface area contributed by atoms with Gasteiger partial charge in [-0.1, -0.05) is 79.2 Å². The van der Waals surface area contributed by atoms with Crippen molar-refractivity contribution in [2.24, 2.45) is 5.92 Å². The minimum Gasteiger partial charge on any atom is -0.334 e. The molecule has 0 unspecified atom stereocenters. The van der Waals surface area contributed by atoms with E-state index in [2.05, 4.69) is 5.32 Å². The minimum atomic E-state index is -0.276. The summed E-state index contributed by atoms with van der Waals surface area (Å²) in [4.78, 5) is 27.4. The number of hydrogen-bond acceptors (Lipinski definition) is 3. The van der Waals surface area contributed by atoms with E-state index < -0.39 is 0 Å². The quantitative estimate of drug-likeness (QED) is 0.351. The van der Waals surface area contributed by atoms with Gasteiger partial charge in [-0.05, 0) is 37.5 Å². The Morgan fingerprint density at radius 2 is 1.80 bits per heavy atom. The Morgan fingerprint density at radius 1 is 1.06 bits per heavy atom. The largest absolute Gasteiger partial charge is 0.334 e. The van der Waals surface area contributed by atoms with Crippen molar-refractivity contribution in [3.05, 3.63) is 64.6 Å². The standard InChI is InChI=1S/C27H30Cl2N4O2/c1-2-32(27(35)15-12-19-8-6-7-9-19)18-26(34)30-25-17-24(20-10-4-3-5-11-20)31-33(25)21-13-14-22(28)23(29)16-21/h3-5,10-11,13-14,16-17,19H,2,6-9,12,15,18H2,1H3,(H,30,34). The van der Waals surface area contributed by atoms with Crippen molar-refractivity contribution >= 4 is 40.8 Å². The van der Waals surface area contributed by atoms with Crippen LogP contribution in [0.25, 0.3) is 16.9 Å². The van der Waals surface area contributed by atoms with Crippen LogP contribution in [0.1, 0.15) is 45.4 Å². The Balaban J connectivity index is 1.51. The number of amides is 2. The SMILES string of the molecule is CCN(CC(=O)Nc1cc(-c2ccccc2)nn1-c1ccc(Cl)c(Cl)c1)C(=O)CCC1CCCC1. The first kappa shape index (κ1) is 25.3. The number of benzene rings is 2. The normalized spacial score (nSPS) is 13.7. The second kappa shape index (κ2) is 11.7. The third-order valence-corrected chi connectivity index (χ3v) is 7.24. The van der Waals surface area contributed by atoms with Crippen molar-refractivity contribution in [1.82, 2.24) is 14.7 Å². The molecule has 0 atom stereocenters. The second-order valence-corrected chi connectivity index (χ2v) is 9.75. The molecule has 8 heteroatoms. The maximum absolute atomic E-state index is 13.0. The zero-order valence-corrected chi connectivity index (χ0v) is 21.4. The molecule has 1 fully saturated rings. The molecular formula is C27H30Cl2N4O2. The molecule has 2 amide bonds. The molecule has 35 heavy (non-hydrogen) atoms. The van der Waals surface area contributed by atoms with Crippen LogP contribution in [0.3, 0.4) is 0 Å². The van der Waals surface area contributed by atoms with E-state index in [1.165, 1.54) is 25.7 Å². The van der Waals surface area contributed by atoms with E-state index in [9.17, 15) is 9.59 Å². The maximum atomic E-state index is 13.0. The summed E-state index contributed by atoms with van der Waals surface area (Å²) in [7, 11) is 0. The molecule has 1 heterocycles. The fourth-order valence-corrected chi connectivity index (χ4v) is 4.84. The van der Waals surface area contributed by atoms with Crippen LogP contribution in [-0.4, -0.2) is 39.6 Å². The highest BCUT2D eigenvalue weighted by Crippen LogP contribution is 2.30. The number of aromatic nitrogens is 2. The van der Waals surface area contributed by atoms with Gasteiger partial charge < -0.3 is 10.2 Å². The van der Waals surface area contributed by atoms with Crippen LogP contribution in [0.4, 0.5) is 5.82 Å². The van der Waals surface area contributed by atoms with Gasteiger partial charge in [0, 0.05) is 24.6 Å². The highest BCUT2D eigenvalue weighted by atomic mass is 35.5. The Kier molecular flexibility index (Phi) is 8.47. The molecule has 1 N–H and O–H groups in total. The summed E-state index contributed by atoms with van der Waals surface area (Å²) >= 11 is 12.3. The summed E-state index contributed by atoms with van der Waals surface area (Å²) in [6.07, 6.45) is 6.34. The molecular weight excluding hydrogens is 483 g/mol. The topological polar surface area (TPSA) is 67.2 Å². The molecule has 1 saturated carbocycles. The molecule has 1 aromatic heterocycles. The van der Waals surface area contributed by atoms with Crippen molar-refractivity contribution in [2.45, 2.75) is 45.4 Å². The zero-order valence-electron chi connectivity index (χ0n) is 19.8. The monoisotopic (exact) mass is 512 g/mol. The summed E-state index contributed by atoms with van der Waals surface area (Å²) in [5, 5.41) is 8.47. The van der Waals surface area contributed by atoms with E-state index in [0.29, 0.717) is 46.1 Å². The first-order valence-electron chi connectivity index (χ1n) is 12.1. The minimum absolute atomic E-state index is 0.00672. The van der Waals surface area contributed by atoms with Crippen LogP contribution >= 0.6 is 23.2 Å². The lowest BCUT2D eigenvalue weighted by molar-refractivity contribution is -0.134. The van der Waals surface area contributed by atoms with Gasteiger partial charge >= 0.3 is 0 Å². The van der Waals surface area contributed by atoms with Crippen molar-refractivity contribution in [3.63, 3.8) is 0 Å². The van der Waals surface area contributed by atoms with Gasteiger partial charge in [0.1, 0.15) is 5.82 Å². The van der Waals surface area contributed by atoms with Gasteiger partial charge in [0.2, 0.25) is 11.8 Å². The van der Waals surface area contributed by atoms with Gasteiger partial charge in [-0.15, -0.1) is 0 Å². The highest BCUT2D eigenvalue weighted by Gasteiger charge is 2.21. The van der Waals surface area contributed by atoms with Gasteiger partial charge in [-0.25, -0.2) is 4.68 Å². The lowest BCUT2D eigenvalue weighted by Gasteiger charge is -2.21. The van der Waals surface area contributed by atoms with E-state index >= 15 is 0 Å². The average Bonchev–Trinajstić information content (AvgIpc) is 3.53. The number of hydrogen-bond donors (Lipinski definition) is 1. The third kappa shape index (κ3) is 6.44. The molecule has 0 aliphatic heterocycles. The Labute approximate surface area is 216 Å². The second-order valence-electron chi connectivity index (χ2n) is 8.94. The number of halogens is 2. The van der Waals surface area contributed by atoms with Crippen molar-refractivity contribution in [1.29, 1.82) is 0 Å². The summed E-state index contributed by atoms with van der Waals surface area (Å²) in [5.74, 6) is 0.879. The van der Waals surface area contributed by atoms with Crippen LogP contribution < -0.4 is 5.32 Å². The number of carbonyl (C=O) groups excluding carboxylic acids is 2. The number of nitrogens with one attached hydrogen (secondary N) is 1. The first-order valence-corrected chi connectivity index (χ1v) is 12.9. The van der Waals surface area contributed by atoms with E-state index in [4.69, 9.17) is 28.3 Å². The highest BCUT2D eigenvalue weighted by molar-refractivity contribution is 6.42. The van der Waals surface area contributed by atoms with Crippen LogP contribution in [0.2, 0.25) is 10.0 Å². The number of nitrogens with zero attached hydrogens (tertiary/aromatic N) is 3. The average molecular weight is 513 g/mol. The summed E-state index contributed by atoms with van der Waals surface area (Å²) < 4.78 is 1.63. The zero-order chi connectivity index (χ0) is 24.8. The van der Waals surface area contributed by atoms with Crippen molar-refractivity contribution in [3.8, 4) is 16.9 Å². The Bertz CT molecular complexity index is 1170. The molecule has 4 rings (SSSR count). The van der Waals surface area contributed by atoms with E-state index in [0.717, 1.165) is 12.0 Å². The molecule has 1 aliphatic rings. The van der Waals surface area contributed by atoms with Gasteiger partial charge in [0.05, 0.1) is 28.0 Å². The predicted molar refractivity (Wildman–Crippen MR) is 141 cm³/mol. The van der Waals surface area contributed by atoms with Crippen LogP contribution in [0.15, 0.2) is 54.6 Å². The van der Waals surface area contributed by atoms with E-state index in [-0.39, 0.29) is 18.4 Å². The number of anilines is 1. The molecule has 0 radical (unpaired) electrons. The fraction of sp³-hybridized carbons (Fsp3) is 0.370. The summed E-state index contributed by atoms with van der Waals surface area (Å²) in [6.45, 7) is 2.37.